The monoisotopic (exact) mass is 277 g/mol. The summed E-state index contributed by atoms with van der Waals surface area (Å²) in [6.45, 7) is 2.91. The number of amides is 2. The van der Waals surface area contributed by atoms with Crippen LogP contribution in [-0.2, 0) is 9.59 Å². The molecule has 2 atom stereocenters. The summed E-state index contributed by atoms with van der Waals surface area (Å²) in [5, 5.41) is 5.32. The highest BCUT2D eigenvalue weighted by atomic mass is 35.5. The molecular formula is C12H24ClN3O2. The van der Waals surface area contributed by atoms with Crippen molar-refractivity contribution in [3.8, 4) is 0 Å². The van der Waals surface area contributed by atoms with Crippen molar-refractivity contribution in [3.05, 3.63) is 0 Å². The van der Waals surface area contributed by atoms with Crippen molar-refractivity contribution in [2.45, 2.75) is 32.6 Å². The van der Waals surface area contributed by atoms with Gasteiger partial charge in [-0.3, -0.25) is 9.59 Å². The fourth-order valence-corrected chi connectivity index (χ4v) is 2.25. The molecule has 4 N–H and O–H groups in total. The number of hydrogen-bond donors (Lipinski definition) is 3. The van der Waals surface area contributed by atoms with Gasteiger partial charge in [0.05, 0.1) is 13.1 Å². The van der Waals surface area contributed by atoms with Crippen molar-refractivity contribution in [2.24, 2.45) is 17.6 Å². The van der Waals surface area contributed by atoms with Gasteiger partial charge in [-0.25, -0.2) is 0 Å². The molecular weight excluding hydrogens is 254 g/mol. The first-order chi connectivity index (χ1) is 8.13. The summed E-state index contributed by atoms with van der Waals surface area (Å²) in [4.78, 5) is 22.3. The van der Waals surface area contributed by atoms with Crippen LogP contribution in [0.15, 0.2) is 0 Å². The maximum absolute atomic E-state index is 11.4. The Morgan fingerprint density at radius 3 is 2.44 bits per heavy atom. The second-order valence-corrected chi connectivity index (χ2v) is 4.81. The second-order valence-electron chi connectivity index (χ2n) is 4.81. The molecule has 1 aliphatic carbocycles. The third kappa shape index (κ3) is 6.21. The summed E-state index contributed by atoms with van der Waals surface area (Å²) >= 11 is 0. The lowest BCUT2D eigenvalue weighted by Crippen LogP contribution is -2.41. The van der Waals surface area contributed by atoms with Crippen LogP contribution in [0.4, 0.5) is 0 Å². The van der Waals surface area contributed by atoms with Gasteiger partial charge in [0.2, 0.25) is 11.8 Å². The molecule has 2 unspecified atom stereocenters. The van der Waals surface area contributed by atoms with E-state index in [9.17, 15) is 9.59 Å². The third-order valence-corrected chi connectivity index (χ3v) is 3.48. The quantitative estimate of drug-likeness (QED) is 0.681. The minimum Gasteiger partial charge on any atom is -0.354 e. The third-order valence-electron chi connectivity index (χ3n) is 3.48. The van der Waals surface area contributed by atoms with Gasteiger partial charge in [-0.1, -0.05) is 26.2 Å². The van der Waals surface area contributed by atoms with Crippen LogP contribution in [0.3, 0.4) is 0 Å². The Hall–Kier alpha value is -0.810. The van der Waals surface area contributed by atoms with E-state index in [-0.39, 0.29) is 37.3 Å². The summed E-state index contributed by atoms with van der Waals surface area (Å²) in [6.07, 6.45) is 5.01. The van der Waals surface area contributed by atoms with E-state index in [1.165, 1.54) is 25.7 Å². The number of nitrogens with two attached hydrogens (primary N) is 1. The summed E-state index contributed by atoms with van der Waals surface area (Å²) < 4.78 is 0. The Bertz CT molecular complexity index is 274. The molecule has 0 aromatic carbocycles. The van der Waals surface area contributed by atoms with Gasteiger partial charge < -0.3 is 16.4 Å². The van der Waals surface area contributed by atoms with Crippen LogP contribution in [0.1, 0.15) is 32.6 Å². The Morgan fingerprint density at radius 2 is 1.83 bits per heavy atom. The lowest BCUT2D eigenvalue weighted by atomic mass is 9.80. The van der Waals surface area contributed by atoms with Gasteiger partial charge in [0.1, 0.15) is 0 Å². The summed E-state index contributed by atoms with van der Waals surface area (Å²) in [5.74, 6) is 0.830. The summed E-state index contributed by atoms with van der Waals surface area (Å²) in [5.41, 5.74) is 5.12. The molecule has 0 heterocycles. The first kappa shape index (κ1) is 17.2. The van der Waals surface area contributed by atoms with Crippen LogP contribution < -0.4 is 16.4 Å². The highest BCUT2D eigenvalue weighted by molar-refractivity contribution is 5.85. The number of halogens is 1. The largest absolute Gasteiger partial charge is 0.354 e. The Kier molecular flexibility index (Phi) is 8.75. The molecule has 18 heavy (non-hydrogen) atoms. The number of hydrogen-bond acceptors (Lipinski definition) is 3. The fraction of sp³-hybridized carbons (Fsp3) is 0.833. The smallest absolute Gasteiger partial charge is 0.239 e. The van der Waals surface area contributed by atoms with Crippen LogP contribution in [0, 0.1) is 11.8 Å². The second kappa shape index (κ2) is 9.16. The lowest BCUT2D eigenvalue weighted by molar-refractivity contribution is -0.125. The van der Waals surface area contributed by atoms with E-state index in [1.54, 1.807) is 0 Å². The molecule has 0 aromatic heterocycles. The lowest BCUT2D eigenvalue weighted by Gasteiger charge is -2.28. The molecule has 1 rings (SSSR count). The van der Waals surface area contributed by atoms with Crippen molar-refractivity contribution in [1.82, 2.24) is 10.6 Å². The minimum absolute atomic E-state index is 0. The SMILES string of the molecule is CC1CCCCC1CNC(=O)CNC(=O)CN.Cl. The molecule has 6 heteroatoms. The zero-order chi connectivity index (χ0) is 12.7. The summed E-state index contributed by atoms with van der Waals surface area (Å²) in [6, 6.07) is 0. The predicted molar refractivity (Wildman–Crippen MR) is 73.4 cm³/mol. The number of nitrogens with one attached hydrogen (secondary N) is 2. The zero-order valence-corrected chi connectivity index (χ0v) is 11.7. The molecule has 2 amide bonds. The van der Waals surface area contributed by atoms with Gasteiger partial charge in [0, 0.05) is 6.54 Å². The standard InChI is InChI=1S/C12H23N3O2.ClH/c1-9-4-2-3-5-10(9)7-14-12(17)8-15-11(16)6-13;/h9-10H,2-8,13H2,1H3,(H,14,17)(H,15,16);1H. The predicted octanol–water partition coefficient (Wildman–Crippen LogP) is 0.426. The van der Waals surface area contributed by atoms with E-state index in [0.717, 1.165) is 6.54 Å². The highest BCUT2D eigenvalue weighted by Crippen LogP contribution is 2.28. The highest BCUT2D eigenvalue weighted by Gasteiger charge is 2.21. The molecule has 106 valence electrons. The molecule has 0 spiro atoms. The van der Waals surface area contributed by atoms with E-state index in [2.05, 4.69) is 17.6 Å². The van der Waals surface area contributed by atoms with E-state index in [4.69, 9.17) is 5.73 Å². The van der Waals surface area contributed by atoms with Crippen molar-refractivity contribution >= 4 is 24.2 Å². The molecule has 1 fully saturated rings. The normalized spacial score (nSPS) is 22.8. The van der Waals surface area contributed by atoms with Crippen LogP contribution in [0.5, 0.6) is 0 Å². The van der Waals surface area contributed by atoms with E-state index < -0.39 is 0 Å². The molecule has 0 aliphatic heterocycles. The van der Waals surface area contributed by atoms with Gasteiger partial charge in [0.15, 0.2) is 0 Å². The Morgan fingerprint density at radius 1 is 1.17 bits per heavy atom. The van der Waals surface area contributed by atoms with Crippen LogP contribution in [0.2, 0.25) is 0 Å². The van der Waals surface area contributed by atoms with Gasteiger partial charge in [-0.2, -0.15) is 0 Å². The van der Waals surface area contributed by atoms with E-state index >= 15 is 0 Å². The van der Waals surface area contributed by atoms with Crippen molar-refractivity contribution in [2.75, 3.05) is 19.6 Å². The van der Waals surface area contributed by atoms with E-state index in [1.807, 2.05) is 0 Å². The maximum Gasteiger partial charge on any atom is 0.239 e. The van der Waals surface area contributed by atoms with Crippen LogP contribution in [0.25, 0.3) is 0 Å². The molecule has 1 aliphatic rings. The Labute approximate surface area is 115 Å². The van der Waals surface area contributed by atoms with Crippen molar-refractivity contribution in [1.29, 1.82) is 0 Å². The van der Waals surface area contributed by atoms with Crippen molar-refractivity contribution < 1.29 is 9.59 Å². The molecule has 1 saturated carbocycles. The summed E-state index contributed by atoms with van der Waals surface area (Å²) in [7, 11) is 0. The van der Waals surface area contributed by atoms with Gasteiger partial charge in [-0.15, -0.1) is 12.4 Å². The van der Waals surface area contributed by atoms with Gasteiger partial charge in [0.25, 0.3) is 0 Å². The molecule has 0 aromatic rings. The fourth-order valence-electron chi connectivity index (χ4n) is 2.25. The topological polar surface area (TPSA) is 84.2 Å². The number of carbonyl (C=O) groups excluding carboxylic acids is 2. The number of carbonyl (C=O) groups is 2. The minimum atomic E-state index is -0.300. The van der Waals surface area contributed by atoms with Crippen LogP contribution >= 0.6 is 12.4 Å². The molecule has 0 saturated heterocycles. The molecule has 0 bridgehead atoms. The average molecular weight is 278 g/mol. The molecule has 5 nitrogen and oxygen atoms in total. The first-order valence-electron chi connectivity index (χ1n) is 6.37. The van der Waals surface area contributed by atoms with Crippen LogP contribution in [-0.4, -0.2) is 31.4 Å². The van der Waals surface area contributed by atoms with E-state index in [0.29, 0.717) is 11.8 Å². The zero-order valence-electron chi connectivity index (χ0n) is 10.9. The average Bonchev–Trinajstić information content (AvgIpc) is 2.35. The van der Waals surface area contributed by atoms with Gasteiger partial charge >= 0.3 is 0 Å². The Balaban J connectivity index is 0.00000289. The molecule has 0 radical (unpaired) electrons. The number of rotatable bonds is 5. The first-order valence-corrected chi connectivity index (χ1v) is 6.37. The van der Waals surface area contributed by atoms with Crippen molar-refractivity contribution in [3.63, 3.8) is 0 Å². The van der Waals surface area contributed by atoms with Gasteiger partial charge in [-0.05, 0) is 18.3 Å². The maximum atomic E-state index is 11.4.